The van der Waals surface area contributed by atoms with E-state index < -0.39 is 73.4 Å². The van der Waals surface area contributed by atoms with E-state index in [2.05, 4.69) is 0 Å². The molecule has 0 saturated heterocycles. The Morgan fingerprint density at radius 3 is 1.32 bits per heavy atom. The lowest BCUT2D eigenvalue weighted by molar-refractivity contribution is -0.200. The highest BCUT2D eigenvalue weighted by Gasteiger charge is 2.44. The summed E-state index contributed by atoms with van der Waals surface area (Å²) in [5, 5.41) is 0. The molecule has 0 aliphatic heterocycles. The quantitative estimate of drug-likeness (QED) is 0.262. The van der Waals surface area contributed by atoms with E-state index in [1.54, 1.807) is 36.4 Å². The highest BCUT2D eigenvalue weighted by molar-refractivity contribution is 5.90. The van der Waals surface area contributed by atoms with E-state index in [0.717, 1.165) is 27.7 Å². The zero-order valence-corrected chi connectivity index (χ0v) is 22.4. The number of ether oxygens (including phenoxy) is 6. The standard InChI is InChI=1S/C28H30O12/c1-17(29)35-15-23(37-18(2)30)25(38-19(3)31)26(39-20(4)32)24(40-28(34)22-13-9-6-10-14-22)16-36-27(33)21-11-7-5-8-12-21/h5-14,23-26H,15-16H2,1-4H3/t23-,24-,25+,26-/m1/s1. The second-order valence-corrected chi connectivity index (χ2v) is 8.37. The van der Waals surface area contributed by atoms with Crippen LogP contribution in [0.3, 0.4) is 0 Å². The molecule has 12 heteroatoms. The average molecular weight is 559 g/mol. The fraction of sp³-hybridized carbons (Fsp3) is 0.357. The number of carbonyl (C=O) groups is 6. The van der Waals surface area contributed by atoms with Crippen molar-refractivity contribution in [1.82, 2.24) is 0 Å². The summed E-state index contributed by atoms with van der Waals surface area (Å²) in [6.45, 7) is 2.96. The maximum Gasteiger partial charge on any atom is 0.338 e. The molecule has 2 rings (SSSR count). The minimum Gasteiger partial charge on any atom is -0.462 e. The molecule has 0 radical (unpaired) electrons. The number of carbonyl (C=O) groups excluding carboxylic acids is 6. The van der Waals surface area contributed by atoms with Crippen LogP contribution in [0.1, 0.15) is 48.4 Å². The van der Waals surface area contributed by atoms with Crippen LogP contribution in [0.2, 0.25) is 0 Å². The smallest absolute Gasteiger partial charge is 0.338 e. The fourth-order valence-electron chi connectivity index (χ4n) is 3.49. The predicted octanol–water partition coefficient (Wildman–Crippen LogP) is 2.43. The van der Waals surface area contributed by atoms with Crippen LogP contribution >= 0.6 is 0 Å². The predicted molar refractivity (Wildman–Crippen MR) is 136 cm³/mol. The van der Waals surface area contributed by atoms with Crippen LogP contribution in [0.4, 0.5) is 0 Å². The summed E-state index contributed by atoms with van der Waals surface area (Å²) in [4.78, 5) is 73.3. The maximum absolute atomic E-state index is 13.0. The third-order valence-electron chi connectivity index (χ3n) is 5.09. The maximum atomic E-state index is 13.0. The second kappa shape index (κ2) is 15.6. The Kier molecular flexibility index (Phi) is 12.3. The first-order valence-electron chi connectivity index (χ1n) is 12.1. The summed E-state index contributed by atoms with van der Waals surface area (Å²) < 4.78 is 31.9. The lowest BCUT2D eigenvalue weighted by Gasteiger charge is -2.35. The molecule has 2 aromatic rings. The highest BCUT2D eigenvalue weighted by Crippen LogP contribution is 2.22. The molecular weight excluding hydrogens is 528 g/mol. The summed E-state index contributed by atoms with van der Waals surface area (Å²) in [5.41, 5.74) is 0.299. The van der Waals surface area contributed by atoms with Crippen molar-refractivity contribution in [3.05, 3.63) is 71.8 Å². The SMILES string of the molecule is CC(=O)OC[C@@H](OC(C)=O)[C@H](OC(C)=O)[C@H](OC(C)=O)[C@@H](COC(=O)c1ccccc1)OC(=O)c1ccccc1. The summed E-state index contributed by atoms with van der Waals surface area (Å²) in [7, 11) is 0. The first-order chi connectivity index (χ1) is 19.0. The van der Waals surface area contributed by atoms with Gasteiger partial charge in [-0.2, -0.15) is 0 Å². The molecule has 12 nitrogen and oxygen atoms in total. The molecule has 0 saturated carbocycles. The Morgan fingerprint density at radius 2 is 0.900 bits per heavy atom. The van der Waals surface area contributed by atoms with Gasteiger partial charge in [0, 0.05) is 27.7 Å². The Balaban J connectivity index is 2.52. The van der Waals surface area contributed by atoms with E-state index in [4.69, 9.17) is 28.4 Å². The van der Waals surface area contributed by atoms with E-state index in [9.17, 15) is 28.8 Å². The van der Waals surface area contributed by atoms with E-state index in [0.29, 0.717) is 0 Å². The largest absolute Gasteiger partial charge is 0.462 e. The molecule has 0 bridgehead atoms. The molecule has 0 N–H and O–H groups in total. The van der Waals surface area contributed by atoms with Crippen molar-refractivity contribution in [3.8, 4) is 0 Å². The van der Waals surface area contributed by atoms with Crippen LogP contribution < -0.4 is 0 Å². The summed E-state index contributed by atoms with van der Waals surface area (Å²) in [6, 6.07) is 15.7. The van der Waals surface area contributed by atoms with Crippen molar-refractivity contribution in [2.75, 3.05) is 13.2 Å². The molecule has 4 atom stereocenters. The van der Waals surface area contributed by atoms with Gasteiger partial charge in [-0.3, -0.25) is 19.2 Å². The van der Waals surface area contributed by atoms with Crippen LogP contribution in [0.25, 0.3) is 0 Å². The number of benzene rings is 2. The van der Waals surface area contributed by atoms with Gasteiger partial charge in [-0.05, 0) is 24.3 Å². The van der Waals surface area contributed by atoms with E-state index >= 15 is 0 Å². The Labute approximate surface area is 230 Å². The van der Waals surface area contributed by atoms with Crippen molar-refractivity contribution in [2.24, 2.45) is 0 Å². The molecule has 0 aliphatic rings. The summed E-state index contributed by atoms with van der Waals surface area (Å²) in [5.74, 6) is -5.05. The molecule has 40 heavy (non-hydrogen) atoms. The third kappa shape index (κ3) is 10.6. The van der Waals surface area contributed by atoms with Crippen LogP contribution in [0.15, 0.2) is 60.7 Å². The Bertz CT molecular complexity index is 1180. The normalized spacial score (nSPS) is 13.4. The molecule has 0 fully saturated rings. The van der Waals surface area contributed by atoms with Crippen molar-refractivity contribution in [1.29, 1.82) is 0 Å². The number of hydrogen-bond donors (Lipinski definition) is 0. The summed E-state index contributed by atoms with van der Waals surface area (Å²) >= 11 is 0. The van der Waals surface area contributed by atoms with Gasteiger partial charge in [0.2, 0.25) is 0 Å². The Morgan fingerprint density at radius 1 is 0.500 bits per heavy atom. The van der Waals surface area contributed by atoms with Gasteiger partial charge in [0.1, 0.15) is 13.2 Å². The summed E-state index contributed by atoms with van der Waals surface area (Å²) in [6.07, 6.45) is -6.42. The van der Waals surface area contributed by atoms with Gasteiger partial charge >= 0.3 is 35.8 Å². The number of esters is 6. The second-order valence-electron chi connectivity index (χ2n) is 8.37. The molecule has 0 heterocycles. The van der Waals surface area contributed by atoms with Gasteiger partial charge in [0.05, 0.1) is 11.1 Å². The van der Waals surface area contributed by atoms with Crippen molar-refractivity contribution < 1.29 is 57.2 Å². The number of hydrogen-bond acceptors (Lipinski definition) is 12. The minimum atomic E-state index is -1.68. The van der Waals surface area contributed by atoms with E-state index in [1.807, 2.05) is 0 Å². The first-order valence-corrected chi connectivity index (χ1v) is 12.1. The van der Waals surface area contributed by atoms with Gasteiger partial charge in [0.15, 0.2) is 24.4 Å². The molecule has 214 valence electrons. The zero-order valence-electron chi connectivity index (χ0n) is 22.4. The van der Waals surface area contributed by atoms with E-state index in [1.165, 1.54) is 24.3 Å². The molecule has 2 aromatic carbocycles. The molecule has 0 aliphatic carbocycles. The fourth-order valence-corrected chi connectivity index (χ4v) is 3.49. The van der Waals surface area contributed by atoms with Crippen LogP contribution in [-0.4, -0.2) is 73.4 Å². The number of rotatable bonds is 13. The lowest BCUT2D eigenvalue weighted by Crippen LogP contribution is -2.54. The van der Waals surface area contributed by atoms with Gasteiger partial charge in [-0.1, -0.05) is 36.4 Å². The first kappa shape index (κ1) is 31.5. The molecule has 0 aromatic heterocycles. The van der Waals surface area contributed by atoms with Crippen molar-refractivity contribution in [2.45, 2.75) is 52.1 Å². The van der Waals surface area contributed by atoms with Crippen molar-refractivity contribution in [3.63, 3.8) is 0 Å². The molecule has 0 spiro atoms. The lowest BCUT2D eigenvalue weighted by atomic mass is 10.0. The van der Waals surface area contributed by atoms with Crippen LogP contribution in [-0.2, 0) is 47.6 Å². The average Bonchev–Trinajstić information content (AvgIpc) is 2.91. The van der Waals surface area contributed by atoms with Gasteiger partial charge < -0.3 is 28.4 Å². The van der Waals surface area contributed by atoms with Gasteiger partial charge in [-0.15, -0.1) is 0 Å². The van der Waals surface area contributed by atoms with Crippen LogP contribution in [0.5, 0.6) is 0 Å². The molecular formula is C28H30O12. The third-order valence-corrected chi connectivity index (χ3v) is 5.09. The molecule has 0 amide bonds. The minimum absolute atomic E-state index is 0.115. The Hall–Kier alpha value is -4.74. The highest BCUT2D eigenvalue weighted by atomic mass is 16.6. The van der Waals surface area contributed by atoms with E-state index in [-0.39, 0.29) is 11.1 Å². The topological polar surface area (TPSA) is 158 Å². The van der Waals surface area contributed by atoms with Crippen LogP contribution in [0, 0.1) is 0 Å². The van der Waals surface area contributed by atoms with Gasteiger partial charge in [-0.25, -0.2) is 9.59 Å². The molecule has 0 unspecified atom stereocenters. The van der Waals surface area contributed by atoms with Crippen molar-refractivity contribution >= 4 is 35.8 Å². The van der Waals surface area contributed by atoms with Gasteiger partial charge in [0.25, 0.3) is 0 Å². The monoisotopic (exact) mass is 558 g/mol. The zero-order chi connectivity index (χ0) is 29.7.